The molecule has 1 aromatic carbocycles. The van der Waals surface area contributed by atoms with Gasteiger partial charge in [-0.05, 0) is 31.0 Å². The molecule has 0 saturated carbocycles. The molecule has 2 aromatic rings. The fourth-order valence-corrected chi connectivity index (χ4v) is 2.16. The number of aromatic nitrogens is 1. The molecule has 1 heterocycles. The van der Waals surface area contributed by atoms with Crippen LogP contribution in [0.4, 0.5) is 5.82 Å². The highest BCUT2D eigenvalue weighted by Gasteiger charge is 2.09. The van der Waals surface area contributed by atoms with E-state index in [4.69, 9.17) is 5.73 Å². The highest BCUT2D eigenvalue weighted by Crippen LogP contribution is 2.20. The molecule has 0 saturated heterocycles. The molecule has 1 unspecified atom stereocenters. The Kier molecular flexibility index (Phi) is 4.15. The van der Waals surface area contributed by atoms with Gasteiger partial charge in [0.15, 0.2) is 0 Å². The number of pyridine rings is 1. The van der Waals surface area contributed by atoms with Crippen LogP contribution in [0.2, 0.25) is 0 Å². The number of hydrogen-bond donors (Lipinski definition) is 2. The number of aryl methyl sites for hydroxylation is 1. The lowest BCUT2D eigenvalue weighted by Gasteiger charge is -2.18. The van der Waals surface area contributed by atoms with Gasteiger partial charge in [0, 0.05) is 18.0 Å². The Balaban J connectivity index is 2.29. The fourth-order valence-electron chi connectivity index (χ4n) is 2.16. The first-order valence-electron chi connectivity index (χ1n) is 6.57. The Hall–Kier alpha value is -1.61. The molecule has 0 radical (unpaired) electrons. The van der Waals surface area contributed by atoms with Gasteiger partial charge in [-0.1, -0.05) is 31.5 Å². The predicted octanol–water partition coefficient (Wildman–Crippen LogP) is 3.08. The molecule has 3 N–H and O–H groups in total. The quantitative estimate of drug-likeness (QED) is 0.848. The molecule has 3 heteroatoms. The molecule has 0 bridgehead atoms. The van der Waals surface area contributed by atoms with E-state index in [0.29, 0.717) is 12.6 Å². The summed E-state index contributed by atoms with van der Waals surface area (Å²) in [4.78, 5) is 4.68. The van der Waals surface area contributed by atoms with Crippen LogP contribution in [0.3, 0.4) is 0 Å². The van der Waals surface area contributed by atoms with Crippen LogP contribution in [-0.2, 0) is 0 Å². The normalized spacial score (nSPS) is 12.6. The molecule has 0 aliphatic rings. The zero-order valence-electron chi connectivity index (χ0n) is 11.1. The Morgan fingerprint density at radius 2 is 2.11 bits per heavy atom. The number of rotatable bonds is 5. The zero-order valence-corrected chi connectivity index (χ0v) is 11.1. The number of nitrogens with two attached hydrogens (primary N) is 1. The molecule has 0 amide bonds. The van der Waals surface area contributed by atoms with Crippen LogP contribution < -0.4 is 11.1 Å². The van der Waals surface area contributed by atoms with E-state index in [2.05, 4.69) is 36.3 Å². The molecule has 0 aliphatic carbocycles. The van der Waals surface area contributed by atoms with Gasteiger partial charge in [0.05, 0.1) is 5.52 Å². The summed E-state index contributed by atoms with van der Waals surface area (Å²) < 4.78 is 0. The van der Waals surface area contributed by atoms with E-state index in [1.807, 2.05) is 18.2 Å². The van der Waals surface area contributed by atoms with Crippen molar-refractivity contribution in [1.29, 1.82) is 0 Å². The Bertz CT molecular complexity index is 522. The fraction of sp³-hybridized carbons (Fsp3) is 0.400. The number of benzene rings is 1. The minimum Gasteiger partial charge on any atom is -0.366 e. The lowest BCUT2D eigenvalue weighted by molar-refractivity contribution is 0.645. The van der Waals surface area contributed by atoms with Crippen LogP contribution >= 0.6 is 0 Å². The highest BCUT2D eigenvalue weighted by molar-refractivity contribution is 5.81. The molecule has 1 atom stereocenters. The summed E-state index contributed by atoms with van der Waals surface area (Å²) in [6.07, 6.45) is 2.20. The molecule has 96 valence electrons. The third kappa shape index (κ3) is 2.79. The number of fused-ring (bicyclic) bond motifs is 1. The van der Waals surface area contributed by atoms with Crippen LogP contribution in [0.5, 0.6) is 0 Å². The first-order chi connectivity index (χ1) is 8.74. The first kappa shape index (κ1) is 12.8. The van der Waals surface area contributed by atoms with Crippen molar-refractivity contribution >= 4 is 16.7 Å². The SMILES string of the molecule is CCCC(CN)Nc1nc2ccccc2cc1C. The van der Waals surface area contributed by atoms with Crippen LogP contribution in [-0.4, -0.2) is 17.6 Å². The summed E-state index contributed by atoms with van der Waals surface area (Å²) in [7, 11) is 0. The summed E-state index contributed by atoms with van der Waals surface area (Å²) in [6, 6.07) is 10.7. The van der Waals surface area contributed by atoms with Gasteiger partial charge in [0.1, 0.15) is 5.82 Å². The van der Waals surface area contributed by atoms with Crippen LogP contribution in [0.25, 0.3) is 10.9 Å². The molecule has 2 rings (SSSR count). The van der Waals surface area contributed by atoms with Crippen LogP contribution in [0, 0.1) is 6.92 Å². The number of hydrogen-bond acceptors (Lipinski definition) is 3. The van der Waals surface area contributed by atoms with E-state index in [9.17, 15) is 0 Å². The monoisotopic (exact) mass is 243 g/mol. The second kappa shape index (κ2) is 5.83. The molecular formula is C15H21N3. The molecule has 0 fully saturated rings. The summed E-state index contributed by atoms with van der Waals surface area (Å²) in [5.41, 5.74) is 7.97. The van der Waals surface area contributed by atoms with Crippen molar-refractivity contribution < 1.29 is 0 Å². The maximum Gasteiger partial charge on any atom is 0.129 e. The van der Waals surface area contributed by atoms with Gasteiger partial charge in [-0.15, -0.1) is 0 Å². The van der Waals surface area contributed by atoms with Crippen molar-refractivity contribution in [3.8, 4) is 0 Å². The number of anilines is 1. The van der Waals surface area contributed by atoms with E-state index in [1.54, 1.807) is 0 Å². The average Bonchev–Trinajstić information content (AvgIpc) is 2.39. The van der Waals surface area contributed by atoms with E-state index in [1.165, 1.54) is 10.9 Å². The van der Waals surface area contributed by atoms with Gasteiger partial charge < -0.3 is 11.1 Å². The van der Waals surface area contributed by atoms with Crippen molar-refractivity contribution in [1.82, 2.24) is 4.98 Å². The van der Waals surface area contributed by atoms with Crippen molar-refractivity contribution in [2.75, 3.05) is 11.9 Å². The first-order valence-corrected chi connectivity index (χ1v) is 6.57. The molecule has 3 nitrogen and oxygen atoms in total. The summed E-state index contributed by atoms with van der Waals surface area (Å²) in [6.45, 7) is 4.90. The summed E-state index contributed by atoms with van der Waals surface area (Å²) in [5, 5.41) is 4.63. The van der Waals surface area contributed by atoms with Gasteiger partial charge >= 0.3 is 0 Å². The third-order valence-electron chi connectivity index (χ3n) is 3.18. The zero-order chi connectivity index (χ0) is 13.0. The lowest BCUT2D eigenvalue weighted by Crippen LogP contribution is -2.29. The van der Waals surface area contributed by atoms with E-state index in [0.717, 1.165) is 24.2 Å². The third-order valence-corrected chi connectivity index (χ3v) is 3.18. The van der Waals surface area contributed by atoms with Crippen molar-refractivity contribution in [3.63, 3.8) is 0 Å². The van der Waals surface area contributed by atoms with Crippen LogP contribution in [0.1, 0.15) is 25.3 Å². The lowest BCUT2D eigenvalue weighted by atomic mass is 10.1. The van der Waals surface area contributed by atoms with E-state index in [-0.39, 0.29) is 0 Å². The van der Waals surface area contributed by atoms with Crippen LogP contribution in [0.15, 0.2) is 30.3 Å². The second-order valence-electron chi connectivity index (χ2n) is 4.71. The minimum atomic E-state index is 0.308. The molecule has 18 heavy (non-hydrogen) atoms. The molecule has 0 spiro atoms. The molecule has 1 aromatic heterocycles. The number of nitrogens with zero attached hydrogens (tertiary/aromatic N) is 1. The number of para-hydroxylation sites is 1. The summed E-state index contributed by atoms with van der Waals surface area (Å²) >= 11 is 0. The number of nitrogens with one attached hydrogen (secondary N) is 1. The van der Waals surface area contributed by atoms with Crippen molar-refractivity contribution in [2.45, 2.75) is 32.7 Å². The predicted molar refractivity (Wildman–Crippen MR) is 77.9 cm³/mol. The van der Waals surface area contributed by atoms with E-state index < -0.39 is 0 Å². The van der Waals surface area contributed by atoms with E-state index >= 15 is 0 Å². The minimum absolute atomic E-state index is 0.308. The van der Waals surface area contributed by atoms with Crippen molar-refractivity contribution in [3.05, 3.63) is 35.9 Å². The topological polar surface area (TPSA) is 50.9 Å². The van der Waals surface area contributed by atoms with Crippen molar-refractivity contribution in [2.24, 2.45) is 5.73 Å². The highest BCUT2D eigenvalue weighted by atomic mass is 15.0. The second-order valence-corrected chi connectivity index (χ2v) is 4.71. The average molecular weight is 243 g/mol. The van der Waals surface area contributed by atoms with Gasteiger partial charge in [0.2, 0.25) is 0 Å². The largest absolute Gasteiger partial charge is 0.366 e. The summed E-state index contributed by atoms with van der Waals surface area (Å²) in [5.74, 6) is 0.956. The Morgan fingerprint density at radius 1 is 1.33 bits per heavy atom. The maximum atomic E-state index is 5.78. The molecular weight excluding hydrogens is 222 g/mol. The Labute approximate surface area is 108 Å². The Morgan fingerprint density at radius 3 is 2.83 bits per heavy atom. The van der Waals surface area contributed by atoms with Gasteiger partial charge in [-0.25, -0.2) is 4.98 Å². The van der Waals surface area contributed by atoms with Gasteiger partial charge in [-0.2, -0.15) is 0 Å². The molecule has 0 aliphatic heterocycles. The smallest absolute Gasteiger partial charge is 0.129 e. The standard InChI is InChI=1S/C15H21N3/c1-3-6-13(10-16)17-15-11(2)9-12-7-4-5-8-14(12)18-15/h4-5,7-9,13H,3,6,10,16H2,1-2H3,(H,17,18). The maximum absolute atomic E-state index is 5.78. The van der Waals surface area contributed by atoms with Gasteiger partial charge in [0.25, 0.3) is 0 Å². The van der Waals surface area contributed by atoms with Gasteiger partial charge in [-0.3, -0.25) is 0 Å².